The Bertz CT molecular complexity index is 569. The molecule has 2 rings (SSSR count). The number of aliphatic hydroxyl groups is 1. The first kappa shape index (κ1) is 15.3. The Morgan fingerprint density at radius 3 is 2.35 bits per heavy atom. The molecule has 0 aliphatic rings. The molecule has 0 amide bonds. The van der Waals surface area contributed by atoms with E-state index in [9.17, 15) is 9.50 Å². The van der Waals surface area contributed by atoms with Crippen molar-refractivity contribution in [2.45, 2.75) is 12.8 Å². The van der Waals surface area contributed by atoms with Crippen molar-refractivity contribution >= 4 is 23.2 Å². The first-order chi connectivity index (χ1) is 9.60. The molecule has 0 aliphatic carbocycles. The summed E-state index contributed by atoms with van der Waals surface area (Å²) < 4.78 is 13.4. The highest BCUT2D eigenvalue weighted by Gasteiger charge is 2.13. The van der Waals surface area contributed by atoms with E-state index in [0.29, 0.717) is 17.9 Å². The van der Waals surface area contributed by atoms with Gasteiger partial charge in [0, 0.05) is 11.6 Å². The van der Waals surface area contributed by atoms with Crippen molar-refractivity contribution in [3.63, 3.8) is 0 Å². The third kappa shape index (κ3) is 3.95. The summed E-state index contributed by atoms with van der Waals surface area (Å²) in [6, 6.07) is 12.2. The van der Waals surface area contributed by atoms with Crippen molar-refractivity contribution in [1.29, 1.82) is 0 Å². The normalized spacial score (nSPS) is 12.4. The van der Waals surface area contributed by atoms with Gasteiger partial charge in [-0.15, -0.1) is 0 Å². The molecule has 0 bridgehead atoms. The van der Waals surface area contributed by atoms with Crippen LogP contribution in [-0.4, -0.2) is 11.7 Å². The molecule has 0 saturated heterocycles. The predicted octanol–water partition coefficient (Wildman–Crippen LogP) is 4.53. The minimum absolute atomic E-state index is 0.00419. The smallest absolute Gasteiger partial charge is 0.142 e. The van der Waals surface area contributed by atoms with Gasteiger partial charge < -0.3 is 5.11 Å². The molecule has 0 heterocycles. The van der Waals surface area contributed by atoms with Crippen LogP contribution in [-0.2, 0) is 12.8 Å². The Kier molecular flexibility index (Phi) is 5.41. The molecule has 0 aromatic heterocycles. The molecule has 0 radical (unpaired) electrons. The third-order valence-corrected chi connectivity index (χ3v) is 3.91. The SMILES string of the molecule is OCC(Cc1ccc(Cl)cc1)Cc1cccc(F)c1Cl. The minimum atomic E-state index is -0.424. The lowest BCUT2D eigenvalue weighted by Gasteiger charge is -2.15. The maximum atomic E-state index is 13.4. The maximum Gasteiger partial charge on any atom is 0.142 e. The van der Waals surface area contributed by atoms with E-state index in [4.69, 9.17) is 23.2 Å². The Labute approximate surface area is 128 Å². The van der Waals surface area contributed by atoms with Crippen LogP contribution in [0, 0.1) is 11.7 Å². The summed E-state index contributed by atoms with van der Waals surface area (Å²) in [7, 11) is 0. The fraction of sp³-hybridized carbons (Fsp3) is 0.250. The van der Waals surface area contributed by atoms with E-state index in [2.05, 4.69) is 0 Å². The molecule has 0 fully saturated rings. The molecule has 1 atom stereocenters. The number of hydrogen-bond acceptors (Lipinski definition) is 1. The second-order valence-corrected chi connectivity index (χ2v) is 5.61. The molecule has 2 aromatic rings. The van der Waals surface area contributed by atoms with Crippen LogP contribution >= 0.6 is 23.2 Å². The highest BCUT2D eigenvalue weighted by atomic mass is 35.5. The second kappa shape index (κ2) is 7.07. The van der Waals surface area contributed by atoms with Crippen molar-refractivity contribution in [2.75, 3.05) is 6.61 Å². The quantitative estimate of drug-likeness (QED) is 0.860. The molecule has 0 aliphatic heterocycles. The Hall–Kier alpha value is -1.09. The summed E-state index contributed by atoms with van der Waals surface area (Å²) in [5.74, 6) is -0.428. The molecule has 0 spiro atoms. The van der Waals surface area contributed by atoms with Gasteiger partial charge in [0.2, 0.25) is 0 Å². The van der Waals surface area contributed by atoms with Crippen LogP contribution in [0.3, 0.4) is 0 Å². The zero-order valence-corrected chi connectivity index (χ0v) is 12.3. The van der Waals surface area contributed by atoms with Gasteiger partial charge in [0.05, 0.1) is 5.02 Å². The maximum absolute atomic E-state index is 13.4. The van der Waals surface area contributed by atoms with Gasteiger partial charge in [-0.05, 0) is 48.1 Å². The summed E-state index contributed by atoms with van der Waals surface area (Å²) in [6.07, 6.45) is 1.23. The molecule has 1 N–H and O–H groups in total. The van der Waals surface area contributed by atoms with E-state index in [1.807, 2.05) is 24.3 Å². The first-order valence-corrected chi connectivity index (χ1v) is 7.14. The molecule has 0 saturated carbocycles. The van der Waals surface area contributed by atoms with Crippen LogP contribution in [0.1, 0.15) is 11.1 Å². The van der Waals surface area contributed by atoms with Crippen molar-refractivity contribution in [3.05, 3.63) is 69.5 Å². The lowest BCUT2D eigenvalue weighted by atomic mass is 9.93. The van der Waals surface area contributed by atoms with Crippen molar-refractivity contribution in [2.24, 2.45) is 5.92 Å². The third-order valence-electron chi connectivity index (χ3n) is 3.24. The molecule has 106 valence electrons. The minimum Gasteiger partial charge on any atom is -0.396 e. The molecule has 1 nitrogen and oxygen atoms in total. The number of aliphatic hydroxyl groups excluding tert-OH is 1. The van der Waals surface area contributed by atoms with Gasteiger partial charge in [0.1, 0.15) is 5.82 Å². The first-order valence-electron chi connectivity index (χ1n) is 6.38. The molecule has 1 unspecified atom stereocenters. The predicted molar refractivity (Wildman–Crippen MR) is 80.8 cm³/mol. The van der Waals surface area contributed by atoms with E-state index in [1.54, 1.807) is 12.1 Å². The highest BCUT2D eigenvalue weighted by Crippen LogP contribution is 2.24. The zero-order valence-electron chi connectivity index (χ0n) is 10.8. The monoisotopic (exact) mass is 312 g/mol. The summed E-state index contributed by atoms with van der Waals surface area (Å²) in [5, 5.41) is 10.3. The fourth-order valence-corrected chi connectivity index (χ4v) is 2.50. The fourth-order valence-electron chi connectivity index (χ4n) is 2.17. The van der Waals surface area contributed by atoms with Crippen molar-refractivity contribution in [1.82, 2.24) is 0 Å². The van der Waals surface area contributed by atoms with Crippen LogP contribution in [0.2, 0.25) is 10.0 Å². The average Bonchev–Trinajstić information content (AvgIpc) is 2.45. The molecular weight excluding hydrogens is 298 g/mol. The van der Waals surface area contributed by atoms with Gasteiger partial charge in [-0.2, -0.15) is 0 Å². The summed E-state index contributed by atoms with van der Waals surface area (Å²) in [4.78, 5) is 0. The van der Waals surface area contributed by atoms with Crippen LogP contribution < -0.4 is 0 Å². The van der Waals surface area contributed by atoms with Gasteiger partial charge >= 0.3 is 0 Å². The lowest BCUT2D eigenvalue weighted by Crippen LogP contribution is -2.13. The number of benzene rings is 2. The van der Waals surface area contributed by atoms with Gasteiger partial charge in [-0.3, -0.25) is 0 Å². The van der Waals surface area contributed by atoms with Crippen LogP contribution in [0.25, 0.3) is 0 Å². The Balaban J connectivity index is 2.09. The average molecular weight is 313 g/mol. The number of halogens is 3. The Morgan fingerprint density at radius 2 is 1.70 bits per heavy atom. The Morgan fingerprint density at radius 1 is 1.00 bits per heavy atom. The molecular formula is C16H15Cl2FO. The highest BCUT2D eigenvalue weighted by molar-refractivity contribution is 6.31. The standard InChI is InChI=1S/C16H15Cl2FO/c17-14-6-4-11(5-7-14)8-12(10-20)9-13-2-1-3-15(19)16(13)18/h1-7,12,20H,8-10H2. The topological polar surface area (TPSA) is 20.2 Å². The number of hydrogen-bond donors (Lipinski definition) is 1. The van der Waals surface area contributed by atoms with Gasteiger partial charge in [-0.1, -0.05) is 47.5 Å². The van der Waals surface area contributed by atoms with E-state index in [-0.39, 0.29) is 17.5 Å². The number of rotatable bonds is 5. The molecule has 20 heavy (non-hydrogen) atoms. The zero-order chi connectivity index (χ0) is 14.5. The van der Waals surface area contributed by atoms with Crippen molar-refractivity contribution in [3.8, 4) is 0 Å². The van der Waals surface area contributed by atoms with E-state index < -0.39 is 5.82 Å². The van der Waals surface area contributed by atoms with E-state index in [1.165, 1.54) is 6.07 Å². The van der Waals surface area contributed by atoms with Crippen molar-refractivity contribution < 1.29 is 9.50 Å². The van der Waals surface area contributed by atoms with Crippen LogP contribution in [0.5, 0.6) is 0 Å². The van der Waals surface area contributed by atoms with E-state index >= 15 is 0 Å². The summed E-state index contributed by atoms with van der Waals surface area (Å²) in [5.41, 5.74) is 1.81. The largest absolute Gasteiger partial charge is 0.396 e. The van der Waals surface area contributed by atoms with Crippen LogP contribution in [0.4, 0.5) is 4.39 Å². The van der Waals surface area contributed by atoms with Gasteiger partial charge in [-0.25, -0.2) is 4.39 Å². The van der Waals surface area contributed by atoms with Gasteiger partial charge in [0.15, 0.2) is 0 Å². The van der Waals surface area contributed by atoms with Gasteiger partial charge in [0.25, 0.3) is 0 Å². The second-order valence-electron chi connectivity index (χ2n) is 4.80. The molecule has 2 aromatic carbocycles. The lowest BCUT2D eigenvalue weighted by molar-refractivity contribution is 0.225. The summed E-state index contributed by atoms with van der Waals surface area (Å²) in [6.45, 7) is 0.0233. The molecule has 4 heteroatoms. The summed E-state index contributed by atoms with van der Waals surface area (Å²) >= 11 is 11.8. The van der Waals surface area contributed by atoms with Crippen LogP contribution in [0.15, 0.2) is 42.5 Å². The van der Waals surface area contributed by atoms with E-state index in [0.717, 1.165) is 11.1 Å².